The molecule has 1 fully saturated rings. The van der Waals surface area contributed by atoms with Crippen molar-refractivity contribution in [3.05, 3.63) is 59.9 Å². The van der Waals surface area contributed by atoms with E-state index in [1.165, 1.54) is 42.5 Å². The fraction of sp³-hybridized carbons (Fsp3) is 0.414. The molecule has 0 saturated heterocycles. The number of nitrogens with zero attached hydrogens (tertiary/aromatic N) is 2. The predicted octanol–water partition coefficient (Wildman–Crippen LogP) is 5.22. The van der Waals surface area contributed by atoms with Gasteiger partial charge in [0.05, 0.1) is 12.3 Å². The Morgan fingerprint density at radius 3 is 2.52 bits per heavy atom. The molecule has 1 amide bonds. The number of aromatic nitrogens is 2. The quantitative estimate of drug-likeness (QED) is 0.320. The van der Waals surface area contributed by atoms with Gasteiger partial charge in [-0.3, -0.25) is 4.79 Å². The lowest BCUT2D eigenvalue weighted by atomic mass is 10.0. The zero-order valence-corrected chi connectivity index (χ0v) is 24.1. The van der Waals surface area contributed by atoms with Crippen LogP contribution in [0, 0.1) is 23.1 Å². The Labute approximate surface area is 234 Å². The first-order chi connectivity index (χ1) is 18.8. The Kier molecular flexibility index (Phi) is 8.34. The summed E-state index contributed by atoms with van der Waals surface area (Å²) in [5.74, 6) is -0.660. The molecule has 2 atom stereocenters. The number of nitrogen functional groups attached to an aromatic ring is 1. The smallest absolute Gasteiger partial charge is 0.281 e. The number of hydrogen-bond acceptors (Lipinski definition) is 8. The van der Waals surface area contributed by atoms with Gasteiger partial charge >= 0.3 is 0 Å². The molecule has 2 unspecified atom stereocenters. The Bertz CT molecular complexity index is 1510. The first kappa shape index (κ1) is 29.3. The van der Waals surface area contributed by atoms with E-state index in [4.69, 9.17) is 15.2 Å². The number of anilines is 1. The number of hydrogen-bond donors (Lipinski definition) is 2. The summed E-state index contributed by atoms with van der Waals surface area (Å²) < 4.78 is 54.3. The third-order valence-electron chi connectivity index (χ3n) is 6.81. The summed E-state index contributed by atoms with van der Waals surface area (Å²) in [6, 6.07) is 11.3. The molecule has 4 rings (SSSR count). The van der Waals surface area contributed by atoms with Crippen LogP contribution in [0.5, 0.6) is 11.6 Å². The Morgan fingerprint density at radius 2 is 1.90 bits per heavy atom. The van der Waals surface area contributed by atoms with E-state index < -0.39 is 26.8 Å². The summed E-state index contributed by atoms with van der Waals surface area (Å²) in [5.41, 5.74) is 6.38. The van der Waals surface area contributed by atoms with Gasteiger partial charge in [0.1, 0.15) is 29.1 Å². The first-order valence-corrected chi connectivity index (χ1v) is 14.7. The molecule has 0 bridgehead atoms. The van der Waals surface area contributed by atoms with Crippen molar-refractivity contribution < 1.29 is 27.1 Å². The van der Waals surface area contributed by atoms with E-state index in [0.717, 1.165) is 6.42 Å². The van der Waals surface area contributed by atoms with Gasteiger partial charge in [-0.05, 0) is 60.6 Å². The molecule has 0 radical (unpaired) electrons. The number of sulfonamides is 1. The number of carbonyl (C=O) groups excluding carboxylic acids is 1. The van der Waals surface area contributed by atoms with Crippen molar-refractivity contribution in [2.75, 3.05) is 12.3 Å². The molecular formula is C29H35FN4O5S. The molecule has 9 nitrogen and oxygen atoms in total. The summed E-state index contributed by atoms with van der Waals surface area (Å²) in [6.45, 7) is 10.6. The lowest BCUT2D eigenvalue weighted by Crippen LogP contribution is -2.32. The number of nitrogens with two attached hydrogens (primary N) is 1. The van der Waals surface area contributed by atoms with Crippen molar-refractivity contribution in [1.29, 1.82) is 0 Å². The van der Waals surface area contributed by atoms with E-state index in [2.05, 4.69) is 23.8 Å². The van der Waals surface area contributed by atoms with Crippen LogP contribution in [0.3, 0.4) is 0 Å². The van der Waals surface area contributed by atoms with Gasteiger partial charge in [0.15, 0.2) is 5.03 Å². The maximum atomic E-state index is 14.5. The molecule has 40 heavy (non-hydrogen) atoms. The van der Waals surface area contributed by atoms with Crippen molar-refractivity contribution in [2.45, 2.75) is 58.6 Å². The number of amides is 1. The normalized spacial score (nSPS) is 16.8. The number of ether oxygens (including phenoxy) is 2. The number of pyridine rings is 2. The lowest BCUT2D eigenvalue weighted by Gasteiger charge is -2.21. The minimum atomic E-state index is -4.33. The molecule has 1 saturated carbocycles. The second-order valence-electron chi connectivity index (χ2n) is 11.1. The SMILES string of the molecule is CCC(Oc1nc(-c2cc(F)cc(OCC(C)C)c2)ccc1C(=O)NS(=O)(=O)c1cccc(N)n1)C1CC1(C)C. The number of benzene rings is 1. The highest BCUT2D eigenvalue weighted by atomic mass is 32.2. The van der Waals surface area contributed by atoms with E-state index in [-0.39, 0.29) is 40.6 Å². The van der Waals surface area contributed by atoms with E-state index in [1.807, 2.05) is 25.5 Å². The number of carbonyl (C=O) groups is 1. The number of rotatable bonds is 11. The molecule has 0 spiro atoms. The van der Waals surface area contributed by atoms with Crippen LogP contribution in [0.15, 0.2) is 53.6 Å². The lowest BCUT2D eigenvalue weighted by molar-refractivity contribution is 0.0966. The van der Waals surface area contributed by atoms with Crippen molar-refractivity contribution in [1.82, 2.24) is 14.7 Å². The van der Waals surface area contributed by atoms with E-state index in [1.54, 1.807) is 6.07 Å². The van der Waals surface area contributed by atoms with Crippen molar-refractivity contribution in [3.63, 3.8) is 0 Å². The van der Waals surface area contributed by atoms with Gasteiger partial charge in [-0.1, -0.05) is 40.7 Å². The van der Waals surface area contributed by atoms with Crippen LogP contribution in [-0.4, -0.2) is 37.0 Å². The minimum absolute atomic E-state index is 0.00459. The Morgan fingerprint density at radius 1 is 1.18 bits per heavy atom. The van der Waals surface area contributed by atoms with E-state index in [0.29, 0.717) is 30.0 Å². The summed E-state index contributed by atoms with van der Waals surface area (Å²) in [4.78, 5) is 21.6. The average molecular weight is 571 g/mol. The van der Waals surface area contributed by atoms with Crippen molar-refractivity contribution in [2.24, 2.45) is 17.3 Å². The molecule has 1 aliphatic rings. The van der Waals surface area contributed by atoms with Gasteiger partial charge in [-0.2, -0.15) is 8.42 Å². The summed E-state index contributed by atoms with van der Waals surface area (Å²) in [6.07, 6.45) is 1.34. The molecule has 2 aromatic heterocycles. The second-order valence-corrected chi connectivity index (χ2v) is 12.8. The topological polar surface area (TPSA) is 134 Å². The molecule has 3 N–H and O–H groups in total. The summed E-state index contributed by atoms with van der Waals surface area (Å²) in [5, 5.41) is -0.396. The molecule has 0 aliphatic heterocycles. The zero-order chi connectivity index (χ0) is 29.2. The maximum absolute atomic E-state index is 14.5. The highest BCUT2D eigenvalue weighted by molar-refractivity contribution is 7.90. The second kappa shape index (κ2) is 11.4. The number of nitrogens with one attached hydrogen (secondary N) is 1. The summed E-state index contributed by atoms with van der Waals surface area (Å²) in [7, 11) is -4.33. The summed E-state index contributed by atoms with van der Waals surface area (Å²) >= 11 is 0. The van der Waals surface area contributed by atoms with Crippen molar-refractivity contribution in [3.8, 4) is 22.9 Å². The molecule has 3 aromatic rings. The van der Waals surface area contributed by atoms with Crippen LogP contribution in [0.25, 0.3) is 11.3 Å². The number of halogens is 1. The van der Waals surface area contributed by atoms with Crippen molar-refractivity contribution >= 4 is 21.7 Å². The molecule has 11 heteroatoms. The van der Waals surface area contributed by atoms with E-state index >= 15 is 0 Å². The van der Waals surface area contributed by atoms with Crippen LogP contribution < -0.4 is 19.9 Å². The maximum Gasteiger partial charge on any atom is 0.281 e. The third-order valence-corrected chi connectivity index (χ3v) is 8.04. The van der Waals surface area contributed by atoms with Crippen LogP contribution in [-0.2, 0) is 10.0 Å². The Hall–Kier alpha value is -3.73. The standard InChI is InChI=1S/C29H35FN4O5S/c1-6-24(22-15-29(22,4)5)39-28-21(27(35)34-40(36,37)26-9-7-8-25(31)33-26)10-11-23(32-28)18-12-19(30)14-20(13-18)38-16-17(2)3/h7-14,17,22,24H,6,15-16H2,1-5H3,(H2,31,33)(H,34,35). The van der Waals surface area contributed by atoms with Gasteiger partial charge < -0.3 is 15.2 Å². The van der Waals surface area contributed by atoms with Crippen LogP contribution in [0.4, 0.5) is 10.2 Å². The van der Waals surface area contributed by atoms with Gasteiger partial charge in [-0.25, -0.2) is 19.1 Å². The Balaban J connectivity index is 1.71. The third kappa shape index (κ3) is 6.88. The highest BCUT2D eigenvalue weighted by Gasteiger charge is 2.51. The van der Waals surface area contributed by atoms with Crippen LogP contribution in [0.2, 0.25) is 0 Å². The molecule has 2 heterocycles. The largest absolute Gasteiger partial charge is 0.493 e. The van der Waals surface area contributed by atoms with Crippen LogP contribution >= 0.6 is 0 Å². The minimum Gasteiger partial charge on any atom is -0.493 e. The first-order valence-electron chi connectivity index (χ1n) is 13.2. The average Bonchev–Trinajstić information content (AvgIpc) is 3.52. The predicted molar refractivity (Wildman–Crippen MR) is 150 cm³/mol. The highest BCUT2D eigenvalue weighted by Crippen LogP contribution is 2.55. The fourth-order valence-corrected chi connectivity index (χ4v) is 5.41. The van der Waals surface area contributed by atoms with Gasteiger partial charge in [0.25, 0.3) is 15.9 Å². The molecule has 1 aliphatic carbocycles. The van der Waals surface area contributed by atoms with Gasteiger partial charge in [-0.15, -0.1) is 0 Å². The fourth-order valence-electron chi connectivity index (χ4n) is 4.47. The monoisotopic (exact) mass is 570 g/mol. The van der Waals surface area contributed by atoms with E-state index in [9.17, 15) is 17.6 Å². The van der Waals surface area contributed by atoms with Crippen LogP contribution in [0.1, 0.15) is 57.8 Å². The molecule has 214 valence electrons. The van der Waals surface area contributed by atoms with Gasteiger partial charge in [0.2, 0.25) is 5.88 Å². The van der Waals surface area contributed by atoms with Gasteiger partial charge in [0, 0.05) is 17.5 Å². The molecular weight excluding hydrogens is 535 g/mol. The molecule has 1 aromatic carbocycles. The zero-order valence-electron chi connectivity index (χ0n) is 23.3.